The lowest BCUT2D eigenvalue weighted by Gasteiger charge is -1.97. The summed E-state index contributed by atoms with van der Waals surface area (Å²) in [5, 5.41) is 0. The van der Waals surface area contributed by atoms with Crippen molar-refractivity contribution in [1.82, 2.24) is 0 Å². The molecule has 0 amide bonds. The molecule has 0 radical (unpaired) electrons. The molecule has 0 saturated heterocycles. The van der Waals surface area contributed by atoms with E-state index in [-0.39, 0.29) is 12.6 Å². The molecule has 82 valence electrons. The van der Waals surface area contributed by atoms with E-state index in [9.17, 15) is 4.79 Å². The van der Waals surface area contributed by atoms with Gasteiger partial charge in [0.25, 0.3) is 0 Å². The van der Waals surface area contributed by atoms with E-state index in [1.807, 2.05) is 13.8 Å². The minimum atomic E-state index is -0.366. The summed E-state index contributed by atoms with van der Waals surface area (Å²) in [6.45, 7) is 14.3. The highest BCUT2D eigenvalue weighted by Gasteiger charge is 1.98. The summed E-state index contributed by atoms with van der Waals surface area (Å²) in [5.74, 6) is -0.366. The van der Waals surface area contributed by atoms with Gasteiger partial charge in [-0.05, 0) is 20.8 Å². The maximum absolute atomic E-state index is 10.5. The fourth-order valence-electron chi connectivity index (χ4n) is 0.462. The molecule has 0 unspecified atom stereocenters. The van der Waals surface area contributed by atoms with Crippen LogP contribution in [0.2, 0.25) is 0 Å². The highest BCUT2D eigenvalue weighted by molar-refractivity contribution is 5.86. The first kappa shape index (κ1) is 15.4. The molecule has 0 bridgehead atoms. The van der Waals surface area contributed by atoms with Crippen LogP contribution in [0.1, 0.15) is 20.8 Å². The standard InChI is InChI=1S/C7H10O2.C4H10O/c1-4-5-9-7(8)6(2)3;1-3-5-4-2/h4H,1-2,5H2,3H3;3-4H2,1-2H3. The van der Waals surface area contributed by atoms with Crippen molar-refractivity contribution in [2.24, 2.45) is 0 Å². The monoisotopic (exact) mass is 200 g/mol. The second-order valence-corrected chi connectivity index (χ2v) is 2.45. The Balaban J connectivity index is 0. The molecule has 0 rings (SSSR count). The molecule has 0 spiro atoms. The molecule has 14 heavy (non-hydrogen) atoms. The van der Waals surface area contributed by atoms with E-state index in [4.69, 9.17) is 4.74 Å². The molecule has 0 aliphatic carbocycles. The van der Waals surface area contributed by atoms with Crippen molar-refractivity contribution >= 4 is 5.97 Å². The molecular weight excluding hydrogens is 180 g/mol. The molecule has 0 heterocycles. The summed E-state index contributed by atoms with van der Waals surface area (Å²) in [7, 11) is 0. The van der Waals surface area contributed by atoms with E-state index in [0.717, 1.165) is 13.2 Å². The fraction of sp³-hybridized carbons (Fsp3) is 0.545. The second kappa shape index (κ2) is 11.9. The number of hydrogen-bond acceptors (Lipinski definition) is 3. The van der Waals surface area contributed by atoms with Gasteiger partial charge < -0.3 is 9.47 Å². The number of carbonyl (C=O) groups excluding carboxylic acids is 1. The Bertz CT molecular complexity index is 171. The third kappa shape index (κ3) is 13.5. The van der Waals surface area contributed by atoms with Gasteiger partial charge in [0.15, 0.2) is 0 Å². The molecule has 0 aliphatic heterocycles. The van der Waals surface area contributed by atoms with E-state index in [0.29, 0.717) is 5.57 Å². The maximum atomic E-state index is 10.5. The lowest BCUT2D eigenvalue weighted by molar-refractivity contribution is -0.137. The SMILES string of the molecule is C=CCOC(=O)C(=C)C.CCOCC. The Morgan fingerprint density at radius 2 is 1.86 bits per heavy atom. The first-order valence-corrected chi connectivity index (χ1v) is 4.61. The number of ether oxygens (including phenoxy) is 2. The molecule has 3 nitrogen and oxygen atoms in total. The first-order valence-electron chi connectivity index (χ1n) is 4.61. The lowest BCUT2D eigenvalue weighted by atomic mass is 10.4. The summed E-state index contributed by atoms with van der Waals surface area (Å²) in [5.41, 5.74) is 0.414. The van der Waals surface area contributed by atoms with Crippen LogP contribution in [0.3, 0.4) is 0 Å². The fourth-order valence-corrected chi connectivity index (χ4v) is 0.462. The zero-order valence-electron chi connectivity index (χ0n) is 9.34. The van der Waals surface area contributed by atoms with Crippen molar-refractivity contribution in [2.45, 2.75) is 20.8 Å². The average molecular weight is 200 g/mol. The van der Waals surface area contributed by atoms with Crippen molar-refractivity contribution in [3.05, 3.63) is 24.8 Å². The summed E-state index contributed by atoms with van der Waals surface area (Å²) >= 11 is 0. The topological polar surface area (TPSA) is 35.5 Å². The molecule has 0 atom stereocenters. The van der Waals surface area contributed by atoms with E-state index >= 15 is 0 Å². The van der Waals surface area contributed by atoms with Crippen molar-refractivity contribution in [3.63, 3.8) is 0 Å². The van der Waals surface area contributed by atoms with E-state index < -0.39 is 0 Å². The van der Waals surface area contributed by atoms with Crippen LogP contribution in [0.25, 0.3) is 0 Å². The number of esters is 1. The third-order valence-corrected chi connectivity index (χ3v) is 1.09. The Kier molecular flexibility index (Phi) is 13.1. The van der Waals surface area contributed by atoms with Gasteiger partial charge in [0, 0.05) is 18.8 Å². The van der Waals surface area contributed by atoms with Crippen LogP contribution >= 0.6 is 0 Å². The van der Waals surface area contributed by atoms with Crippen LogP contribution in [-0.2, 0) is 14.3 Å². The van der Waals surface area contributed by atoms with Crippen LogP contribution in [0, 0.1) is 0 Å². The quantitative estimate of drug-likeness (QED) is 0.388. The van der Waals surface area contributed by atoms with Crippen LogP contribution in [-0.4, -0.2) is 25.8 Å². The van der Waals surface area contributed by atoms with Gasteiger partial charge in [-0.3, -0.25) is 0 Å². The highest BCUT2D eigenvalue weighted by atomic mass is 16.5. The van der Waals surface area contributed by atoms with Crippen LogP contribution in [0.4, 0.5) is 0 Å². The first-order chi connectivity index (χ1) is 6.59. The van der Waals surface area contributed by atoms with Crippen molar-refractivity contribution in [3.8, 4) is 0 Å². The van der Waals surface area contributed by atoms with Gasteiger partial charge in [0.05, 0.1) is 0 Å². The molecule has 0 aromatic heterocycles. The second-order valence-electron chi connectivity index (χ2n) is 2.45. The van der Waals surface area contributed by atoms with Crippen LogP contribution in [0.15, 0.2) is 24.8 Å². The van der Waals surface area contributed by atoms with Gasteiger partial charge in [-0.15, -0.1) is 0 Å². The predicted octanol–water partition coefficient (Wildman–Crippen LogP) is 2.33. The Labute approximate surface area is 86.4 Å². The van der Waals surface area contributed by atoms with Crippen molar-refractivity contribution in [2.75, 3.05) is 19.8 Å². The molecule has 0 aliphatic rings. The number of rotatable bonds is 5. The van der Waals surface area contributed by atoms with E-state index in [1.54, 1.807) is 6.92 Å². The molecule has 0 aromatic carbocycles. The summed E-state index contributed by atoms with van der Waals surface area (Å²) in [6.07, 6.45) is 1.51. The largest absolute Gasteiger partial charge is 0.458 e. The number of carbonyl (C=O) groups is 1. The minimum absolute atomic E-state index is 0.256. The smallest absolute Gasteiger partial charge is 0.333 e. The van der Waals surface area contributed by atoms with Crippen LogP contribution in [0.5, 0.6) is 0 Å². The van der Waals surface area contributed by atoms with Crippen molar-refractivity contribution in [1.29, 1.82) is 0 Å². The molecule has 3 heteroatoms. The predicted molar refractivity (Wildman–Crippen MR) is 58.1 cm³/mol. The molecule has 0 aromatic rings. The summed E-state index contributed by atoms with van der Waals surface area (Å²) < 4.78 is 9.43. The number of hydrogen-bond donors (Lipinski definition) is 0. The zero-order chi connectivity index (χ0) is 11.4. The average Bonchev–Trinajstić information content (AvgIpc) is 2.16. The summed E-state index contributed by atoms with van der Waals surface area (Å²) in [4.78, 5) is 10.5. The lowest BCUT2D eigenvalue weighted by Crippen LogP contribution is -2.03. The third-order valence-electron chi connectivity index (χ3n) is 1.09. The normalized spacial score (nSPS) is 8.21. The Morgan fingerprint density at radius 1 is 1.36 bits per heavy atom. The minimum Gasteiger partial charge on any atom is -0.458 e. The molecular formula is C11H20O3. The van der Waals surface area contributed by atoms with Gasteiger partial charge in [0.1, 0.15) is 6.61 Å². The van der Waals surface area contributed by atoms with Gasteiger partial charge in [-0.25, -0.2) is 4.79 Å². The van der Waals surface area contributed by atoms with Crippen LogP contribution < -0.4 is 0 Å². The van der Waals surface area contributed by atoms with Gasteiger partial charge in [0.2, 0.25) is 0 Å². The highest BCUT2D eigenvalue weighted by Crippen LogP contribution is 1.90. The molecule has 0 N–H and O–H groups in total. The van der Waals surface area contributed by atoms with Gasteiger partial charge in [-0.2, -0.15) is 0 Å². The summed E-state index contributed by atoms with van der Waals surface area (Å²) in [6, 6.07) is 0. The molecule has 0 saturated carbocycles. The van der Waals surface area contributed by atoms with Crippen molar-refractivity contribution < 1.29 is 14.3 Å². The maximum Gasteiger partial charge on any atom is 0.333 e. The Morgan fingerprint density at radius 3 is 2.07 bits per heavy atom. The zero-order valence-corrected chi connectivity index (χ0v) is 9.34. The van der Waals surface area contributed by atoms with Gasteiger partial charge >= 0.3 is 5.97 Å². The van der Waals surface area contributed by atoms with E-state index in [1.165, 1.54) is 6.08 Å². The van der Waals surface area contributed by atoms with E-state index in [2.05, 4.69) is 17.9 Å². The molecule has 0 fully saturated rings. The Hall–Kier alpha value is -1.09. The van der Waals surface area contributed by atoms with Gasteiger partial charge in [-0.1, -0.05) is 19.2 Å².